The molecule has 0 aromatic carbocycles. The summed E-state index contributed by atoms with van der Waals surface area (Å²) < 4.78 is 5.40. The number of nitrogens with one attached hydrogen (secondary N) is 2. The molecular formula is C12H22N2O2. The van der Waals surface area contributed by atoms with E-state index in [1.54, 1.807) is 0 Å². The molecule has 3 atom stereocenters. The predicted molar refractivity (Wildman–Crippen MR) is 62.1 cm³/mol. The van der Waals surface area contributed by atoms with Gasteiger partial charge >= 0.3 is 0 Å². The summed E-state index contributed by atoms with van der Waals surface area (Å²) in [5.41, 5.74) is 0. The third-order valence-electron chi connectivity index (χ3n) is 3.59. The van der Waals surface area contributed by atoms with Crippen molar-refractivity contribution >= 4 is 5.91 Å². The third kappa shape index (κ3) is 3.19. The number of rotatable bonds is 3. The molecule has 3 unspecified atom stereocenters. The number of morpholine rings is 1. The molecule has 4 heteroatoms. The monoisotopic (exact) mass is 226 g/mol. The van der Waals surface area contributed by atoms with Gasteiger partial charge in [-0.15, -0.1) is 0 Å². The van der Waals surface area contributed by atoms with E-state index < -0.39 is 0 Å². The van der Waals surface area contributed by atoms with Gasteiger partial charge in [-0.3, -0.25) is 4.79 Å². The summed E-state index contributed by atoms with van der Waals surface area (Å²) in [6, 6.07) is 0. The fourth-order valence-corrected chi connectivity index (χ4v) is 2.60. The molecule has 1 heterocycles. The Balaban J connectivity index is 1.66. The topological polar surface area (TPSA) is 50.4 Å². The molecule has 1 saturated carbocycles. The standard InChI is InChI=1S/C12H22N2O2/c1-9-2-3-10(6-9)7-14-12(15)11-8-13-4-5-16-11/h9-11,13H,2-8H2,1H3,(H,14,15). The zero-order valence-electron chi connectivity index (χ0n) is 10.00. The first-order valence-corrected chi connectivity index (χ1v) is 6.35. The summed E-state index contributed by atoms with van der Waals surface area (Å²) in [7, 11) is 0. The van der Waals surface area contributed by atoms with Gasteiger partial charge in [-0.25, -0.2) is 0 Å². The van der Waals surface area contributed by atoms with Gasteiger partial charge in [0, 0.05) is 19.6 Å². The number of carbonyl (C=O) groups is 1. The van der Waals surface area contributed by atoms with Crippen LogP contribution < -0.4 is 10.6 Å². The van der Waals surface area contributed by atoms with Crippen molar-refractivity contribution in [3.8, 4) is 0 Å². The lowest BCUT2D eigenvalue weighted by molar-refractivity contribution is -0.134. The first-order valence-electron chi connectivity index (χ1n) is 6.35. The van der Waals surface area contributed by atoms with Crippen molar-refractivity contribution in [3.05, 3.63) is 0 Å². The second-order valence-corrected chi connectivity index (χ2v) is 5.09. The minimum atomic E-state index is -0.285. The minimum Gasteiger partial charge on any atom is -0.366 e. The summed E-state index contributed by atoms with van der Waals surface area (Å²) in [6.45, 7) is 5.24. The van der Waals surface area contributed by atoms with E-state index in [-0.39, 0.29) is 12.0 Å². The van der Waals surface area contributed by atoms with E-state index in [2.05, 4.69) is 17.6 Å². The molecule has 1 saturated heterocycles. The number of ether oxygens (including phenoxy) is 1. The largest absolute Gasteiger partial charge is 0.366 e. The fraction of sp³-hybridized carbons (Fsp3) is 0.917. The molecule has 1 aliphatic heterocycles. The van der Waals surface area contributed by atoms with Gasteiger partial charge in [0.1, 0.15) is 6.10 Å². The van der Waals surface area contributed by atoms with Crippen LogP contribution in [0.15, 0.2) is 0 Å². The quantitative estimate of drug-likeness (QED) is 0.738. The summed E-state index contributed by atoms with van der Waals surface area (Å²) in [6.07, 6.45) is 3.53. The molecule has 0 bridgehead atoms. The Labute approximate surface area is 97.1 Å². The Bertz CT molecular complexity index is 239. The highest BCUT2D eigenvalue weighted by Crippen LogP contribution is 2.29. The highest BCUT2D eigenvalue weighted by Gasteiger charge is 2.25. The Kier molecular flexibility index (Phi) is 4.18. The van der Waals surface area contributed by atoms with Crippen LogP contribution >= 0.6 is 0 Å². The molecular weight excluding hydrogens is 204 g/mol. The van der Waals surface area contributed by atoms with E-state index in [9.17, 15) is 4.79 Å². The van der Waals surface area contributed by atoms with Gasteiger partial charge < -0.3 is 15.4 Å². The van der Waals surface area contributed by atoms with E-state index in [0.717, 1.165) is 19.0 Å². The first-order chi connectivity index (χ1) is 7.75. The summed E-state index contributed by atoms with van der Waals surface area (Å²) in [5.74, 6) is 1.55. The van der Waals surface area contributed by atoms with E-state index in [1.807, 2.05) is 0 Å². The van der Waals surface area contributed by atoms with Crippen LogP contribution in [0.1, 0.15) is 26.2 Å². The van der Waals surface area contributed by atoms with Crippen molar-refractivity contribution in [1.82, 2.24) is 10.6 Å². The van der Waals surface area contributed by atoms with Crippen LogP contribution in [-0.4, -0.2) is 38.3 Å². The van der Waals surface area contributed by atoms with E-state index >= 15 is 0 Å². The number of carbonyl (C=O) groups excluding carboxylic acids is 1. The van der Waals surface area contributed by atoms with E-state index in [4.69, 9.17) is 4.74 Å². The fourth-order valence-electron chi connectivity index (χ4n) is 2.60. The smallest absolute Gasteiger partial charge is 0.250 e. The molecule has 0 aromatic heterocycles. The molecule has 1 amide bonds. The van der Waals surface area contributed by atoms with Crippen LogP contribution in [0.5, 0.6) is 0 Å². The Hall–Kier alpha value is -0.610. The van der Waals surface area contributed by atoms with Crippen molar-refractivity contribution in [2.75, 3.05) is 26.2 Å². The lowest BCUT2D eigenvalue weighted by atomic mass is 10.1. The average molecular weight is 226 g/mol. The van der Waals surface area contributed by atoms with Crippen LogP contribution in [-0.2, 0) is 9.53 Å². The van der Waals surface area contributed by atoms with Gasteiger partial charge in [0.2, 0.25) is 5.91 Å². The van der Waals surface area contributed by atoms with Gasteiger partial charge in [-0.05, 0) is 24.7 Å². The molecule has 0 aromatic rings. The maximum Gasteiger partial charge on any atom is 0.250 e. The van der Waals surface area contributed by atoms with Gasteiger partial charge in [-0.2, -0.15) is 0 Å². The summed E-state index contributed by atoms with van der Waals surface area (Å²) in [5, 5.41) is 6.18. The highest BCUT2D eigenvalue weighted by molar-refractivity contribution is 5.81. The van der Waals surface area contributed by atoms with Crippen LogP contribution in [0.2, 0.25) is 0 Å². The second-order valence-electron chi connectivity index (χ2n) is 5.09. The molecule has 2 rings (SSSR count). The third-order valence-corrected chi connectivity index (χ3v) is 3.59. The maximum atomic E-state index is 11.8. The molecule has 16 heavy (non-hydrogen) atoms. The van der Waals surface area contributed by atoms with Crippen molar-refractivity contribution in [2.45, 2.75) is 32.3 Å². The lowest BCUT2D eigenvalue weighted by Crippen LogP contribution is -2.48. The Morgan fingerprint density at radius 1 is 1.50 bits per heavy atom. The van der Waals surface area contributed by atoms with Crippen molar-refractivity contribution in [3.63, 3.8) is 0 Å². The van der Waals surface area contributed by atoms with Crippen molar-refractivity contribution in [1.29, 1.82) is 0 Å². The first kappa shape index (κ1) is 11.9. The zero-order valence-corrected chi connectivity index (χ0v) is 10.00. The summed E-state index contributed by atoms with van der Waals surface area (Å²) >= 11 is 0. The van der Waals surface area contributed by atoms with Gasteiger partial charge in [0.25, 0.3) is 0 Å². The zero-order chi connectivity index (χ0) is 11.4. The van der Waals surface area contributed by atoms with Crippen LogP contribution in [0.3, 0.4) is 0 Å². The predicted octanol–water partition coefficient (Wildman–Crippen LogP) is 0.527. The number of amides is 1. The molecule has 2 fully saturated rings. The van der Waals surface area contributed by atoms with Crippen molar-refractivity contribution < 1.29 is 9.53 Å². The normalized spacial score (nSPS) is 34.9. The number of hydrogen-bond acceptors (Lipinski definition) is 3. The molecule has 0 spiro atoms. The molecule has 1 aliphatic carbocycles. The average Bonchev–Trinajstić information content (AvgIpc) is 2.73. The SMILES string of the molecule is CC1CCC(CNC(=O)C2CNCCO2)C1. The Morgan fingerprint density at radius 3 is 3.00 bits per heavy atom. The maximum absolute atomic E-state index is 11.8. The summed E-state index contributed by atoms with van der Waals surface area (Å²) in [4.78, 5) is 11.8. The van der Waals surface area contributed by atoms with E-state index in [0.29, 0.717) is 19.1 Å². The minimum absolute atomic E-state index is 0.0479. The second kappa shape index (κ2) is 5.64. The number of hydrogen-bond donors (Lipinski definition) is 2. The molecule has 4 nitrogen and oxygen atoms in total. The molecule has 92 valence electrons. The van der Waals surface area contributed by atoms with Crippen LogP contribution in [0.4, 0.5) is 0 Å². The molecule has 2 N–H and O–H groups in total. The van der Waals surface area contributed by atoms with Gasteiger partial charge in [0.05, 0.1) is 6.61 Å². The molecule has 2 aliphatic rings. The van der Waals surface area contributed by atoms with Gasteiger partial charge in [0.15, 0.2) is 0 Å². The van der Waals surface area contributed by atoms with Gasteiger partial charge in [-0.1, -0.05) is 13.3 Å². The van der Waals surface area contributed by atoms with E-state index in [1.165, 1.54) is 19.3 Å². The van der Waals surface area contributed by atoms with Crippen LogP contribution in [0.25, 0.3) is 0 Å². The lowest BCUT2D eigenvalue weighted by Gasteiger charge is -2.23. The Morgan fingerprint density at radius 2 is 2.38 bits per heavy atom. The molecule has 0 radical (unpaired) electrons. The van der Waals surface area contributed by atoms with Crippen LogP contribution in [0, 0.1) is 11.8 Å². The van der Waals surface area contributed by atoms with Crippen molar-refractivity contribution in [2.24, 2.45) is 11.8 Å². The highest BCUT2D eigenvalue weighted by atomic mass is 16.5.